The minimum Gasteiger partial charge on any atom is -0.497 e. The molecule has 0 amide bonds. The van der Waals surface area contributed by atoms with Crippen LogP contribution in [0.25, 0.3) is 0 Å². The van der Waals surface area contributed by atoms with Gasteiger partial charge in [-0.2, -0.15) is 0 Å². The van der Waals surface area contributed by atoms with Crippen LogP contribution in [0.5, 0.6) is 5.75 Å². The van der Waals surface area contributed by atoms with Gasteiger partial charge < -0.3 is 10.1 Å². The Balaban J connectivity index is 2.50. The molecule has 13 heavy (non-hydrogen) atoms. The van der Waals surface area contributed by atoms with Crippen molar-refractivity contribution in [2.24, 2.45) is 0 Å². The number of nitrogens with one attached hydrogen (secondary N) is 1. The van der Waals surface area contributed by atoms with Gasteiger partial charge in [0.2, 0.25) is 0 Å². The third-order valence-corrected chi connectivity index (χ3v) is 1.75. The maximum Gasteiger partial charge on any atom is 0.120 e. The molecule has 0 bridgehead atoms. The molecule has 0 aliphatic heterocycles. The van der Waals surface area contributed by atoms with Crippen LogP contribution in [0, 0.1) is 0 Å². The highest BCUT2D eigenvalue weighted by atomic mass is 16.5. The summed E-state index contributed by atoms with van der Waals surface area (Å²) in [5.74, 6) is 0.878. The van der Waals surface area contributed by atoms with Gasteiger partial charge in [0.25, 0.3) is 0 Å². The monoisotopic (exact) mass is 177 g/mol. The van der Waals surface area contributed by atoms with E-state index in [1.807, 2.05) is 30.3 Å². The molecule has 0 aliphatic rings. The summed E-state index contributed by atoms with van der Waals surface area (Å²) in [5.41, 5.74) is 1.08. The molecule has 0 fully saturated rings. The van der Waals surface area contributed by atoms with Crippen LogP contribution in [-0.2, 0) is 0 Å². The Morgan fingerprint density at radius 1 is 1.54 bits per heavy atom. The van der Waals surface area contributed by atoms with E-state index in [-0.39, 0.29) is 0 Å². The first kappa shape index (κ1) is 9.65. The van der Waals surface area contributed by atoms with Gasteiger partial charge in [-0.1, -0.05) is 12.1 Å². The second kappa shape index (κ2) is 5.25. The fourth-order valence-electron chi connectivity index (χ4n) is 1.05. The minimum atomic E-state index is 0.878. The Bertz CT molecular complexity index is 271. The fourth-order valence-corrected chi connectivity index (χ4v) is 1.05. The van der Waals surface area contributed by atoms with Crippen molar-refractivity contribution in [2.75, 3.05) is 19.0 Å². The highest BCUT2D eigenvalue weighted by molar-refractivity contribution is 5.48. The number of hydrogen-bond acceptors (Lipinski definition) is 2. The summed E-state index contributed by atoms with van der Waals surface area (Å²) in [4.78, 5) is 0. The van der Waals surface area contributed by atoms with Gasteiger partial charge in [0, 0.05) is 18.3 Å². The third-order valence-electron chi connectivity index (χ3n) is 1.75. The molecule has 1 aromatic rings. The zero-order valence-corrected chi connectivity index (χ0v) is 7.92. The first-order valence-corrected chi connectivity index (χ1v) is 4.35. The summed E-state index contributed by atoms with van der Waals surface area (Å²) in [7, 11) is 1.67. The molecular weight excluding hydrogens is 162 g/mol. The summed E-state index contributed by atoms with van der Waals surface area (Å²) in [6.07, 6.45) is 2.87. The molecule has 0 atom stereocenters. The molecule has 0 spiro atoms. The molecule has 1 aromatic carbocycles. The predicted molar refractivity (Wildman–Crippen MR) is 56.3 cm³/mol. The van der Waals surface area contributed by atoms with E-state index in [0.717, 1.165) is 24.4 Å². The lowest BCUT2D eigenvalue weighted by Gasteiger charge is -2.06. The Morgan fingerprint density at radius 3 is 3.08 bits per heavy atom. The van der Waals surface area contributed by atoms with Gasteiger partial charge in [0.05, 0.1) is 7.11 Å². The van der Waals surface area contributed by atoms with Gasteiger partial charge in [-0.25, -0.2) is 0 Å². The zero-order valence-electron chi connectivity index (χ0n) is 7.92. The van der Waals surface area contributed by atoms with Gasteiger partial charge in [-0.05, 0) is 18.6 Å². The minimum absolute atomic E-state index is 0.878. The molecule has 1 N–H and O–H groups in total. The molecule has 0 saturated heterocycles. The van der Waals surface area contributed by atoms with Crippen LogP contribution in [-0.4, -0.2) is 13.7 Å². The number of rotatable bonds is 5. The van der Waals surface area contributed by atoms with E-state index in [2.05, 4.69) is 11.9 Å². The van der Waals surface area contributed by atoms with Gasteiger partial charge in [-0.3, -0.25) is 0 Å². The van der Waals surface area contributed by atoms with Gasteiger partial charge >= 0.3 is 0 Å². The largest absolute Gasteiger partial charge is 0.497 e. The molecule has 0 aromatic heterocycles. The van der Waals surface area contributed by atoms with Crippen molar-refractivity contribution in [1.82, 2.24) is 0 Å². The van der Waals surface area contributed by atoms with E-state index < -0.39 is 0 Å². The van der Waals surface area contributed by atoms with E-state index in [1.54, 1.807) is 7.11 Å². The standard InChI is InChI=1S/C11H15NO/c1-3-4-8-12-10-6-5-7-11(9-10)13-2/h3,5-7,9,12H,1,4,8H2,2H3. The van der Waals surface area contributed by atoms with Crippen molar-refractivity contribution in [3.8, 4) is 5.75 Å². The quantitative estimate of drug-likeness (QED) is 0.551. The fraction of sp³-hybridized carbons (Fsp3) is 0.273. The van der Waals surface area contributed by atoms with Crippen LogP contribution in [0.15, 0.2) is 36.9 Å². The smallest absolute Gasteiger partial charge is 0.120 e. The third kappa shape index (κ3) is 3.20. The molecule has 0 aliphatic carbocycles. The van der Waals surface area contributed by atoms with Crippen molar-refractivity contribution in [1.29, 1.82) is 0 Å². The number of benzene rings is 1. The van der Waals surface area contributed by atoms with Crippen LogP contribution >= 0.6 is 0 Å². The van der Waals surface area contributed by atoms with E-state index >= 15 is 0 Å². The van der Waals surface area contributed by atoms with Crippen molar-refractivity contribution < 1.29 is 4.74 Å². The van der Waals surface area contributed by atoms with Crippen molar-refractivity contribution in [3.05, 3.63) is 36.9 Å². The predicted octanol–water partition coefficient (Wildman–Crippen LogP) is 2.68. The molecular formula is C11H15NO. The SMILES string of the molecule is C=CCCNc1cccc(OC)c1. The normalized spacial score (nSPS) is 9.31. The van der Waals surface area contributed by atoms with Crippen LogP contribution in [0.1, 0.15) is 6.42 Å². The molecule has 2 nitrogen and oxygen atoms in total. The lowest BCUT2D eigenvalue weighted by atomic mass is 10.3. The number of ether oxygens (including phenoxy) is 1. The Hall–Kier alpha value is -1.44. The Labute approximate surface area is 79.2 Å². The molecule has 1 rings (SSSR count). The van der Waals surface area contributed by atoms with Gasteiger partial charge in [0.15, 0.2) is 0 Å². The summed E-state index contributed by atoms with van der Waals surface area (Å²) in [6.45, 7) is 4.57. The maximum absolute atomic E-state index is 5.10. The van der Waals surface area contributed by atoms with Crippen molar-refractivity contribution >= 4 is 5.69 Å². The number of methoxy groups -OCH3 is 1. The summed E-state index contributed by atoms with van der Waals surface area (Å²) in [6, 6.07) is 7.89. The van der Waals surface area contributed by atoms with Crippen molar-refractivity contribution in [3.63, 3.8) is 0 Å². The van der Waals surface area contributed by atoms with E-state index in [4.69, 9.17) is 4.74 Å². The maximum atomic E-state index is 5.10. The van der Waals surface area contributed by atoms with E-state index in [9.17, 15) is 0 Å². The summed E-state index contributed by atoms with van der Waals surface area (Å²) >= 11 is 0. The first-order chi connectivity index (χ1) is 6.36. The second-order valence-corrected chi connectivity index (χ2v) is 2.74. The van der Waals surface area contributed by atoms with Crippen LogP contribution in [0.2, 0.25) is 0 Å². The van der Waals surface area contributed by atoms with E-state index in [0.29, 0.717) is 0 Å². The molecule has 0 unspecified atom stereocenters. The van der Waals surface area contributed by atoms with E-state index in [1.165, 1.54) is 0 Å². The lowest BCUT2D eigenvalue weighted by molar-refractivity contribution is 0.415. The topological polar surface area (TPSA) is 21.3 Å². The highest BCUT2D eigenvalue weighted by Crippen LogP contribution is 2.16. The molecule has 0 saturated carbocycles. The molecule has 2 heteroatoms. The van der Waals surface area contributed by atoms with Crippen LogP contribution in [0.4, 0.5) is 5.69 Å². The Kier molecular flexibility index (Phi) is 3.89. The van der Waals surface area contributed by atoms with Crippen LogP contribution < -0.4 is 10.1 Å². The number of anilines is 1. The Morgan fingerprint density at radius 2 is 2.38 bits per heavy atom. The second-order valence-electron chi connectivity index (χ2n) is 2.74. The average molecular weight is 177 g/mol. The van der Waals surface area contributed by atoms with Gasteiger partial charge in [0.1, 0.15) is 5.75 Å². The molecule has 70 valence electrons. The zero-order chi connectivity index (χ0) is 9.52. The average Bonchev–Trinajstić information content (AvgIpc) is 2.19. The van der Waals surface area contributed by atoms with Gasteiger partial charge in [-0.15, -0.1) is 6.58 Å². The lowest BCUT2D eigenvalue weighted by Crippen LogP contribution is -1.99. The summed E-state index contributed by atoms with van der Waals surface area (Å²) in [5, 5.41) is 3.27. The van der Waals surface area contributed by atoms with Crippen molar-refractivity contribution in [2.45, 2.75) is 6.42 Å². The molecule has 0 heterocycles. The van der Waals surface area contributed by atoms with Crippen LogP contribution in [0.3, 0.4) is 0 Å². The summed E-state index contributed by atoms with van der Waals surface area (Å²) < 4.78 is 5.10. The first-order valence-electron chi connectivity index (χ1n) is 4.35. The molecule has 0 radical (unpaired) electrons. The number of hydrogen-bond donors (Lipinski definition) is 1. The highest BCUT2D eigenvalue weighted by Gasteiger charge is 1.92.